The molecule has 0 atom stereocenters. The Morgan fingerprint density at radius 1 is 1.53 bits per heavy atom. The normalized spacial score (nSPS) is 9.87. The predicted molar refractivity (Wildman–Crippen MR) is 51.1 cm³/mol. The van der Waals surface area contributed by atoms with Gasteiger partial charge >= 0.3 is 0 Å². The molecule has 0 aliphatic heterocycles. The smallest absolute Gasteiger partial charge is 0.287 e. The molecule has 0 radical (unpaired) electrons. The maximum Gasteiger partial charge on any atom is 0.287 e. The van der Waals surface area contributed by atoms with Crippen molar-refractivity contribution in [3.8, 4) is 0 Å². The maximum absolute atomic E-state index is 11.3. The zero-order valence-corrected chi connectivity index (χ0v) is 8.06. The minimum absolute atomic E-state index is 0.142. The van der Waals surface area contributed by atoms with Crippen molar-refractivity contribution in [2.24, 2.45) is 5.73 Å². The third-order valence-electron chi connectivity index (χ3n) is 1.52. The summed E-state index contributed by atoms with van der Waals surface area (Å²) in [5, 5.41) is 2.55. The van der Waals surface area contributed by atoms with Gasteiger partial charge in [0.15, 0.2) is 5.76 Å². The summed E-state index contributed by atoms with van der Waals surface area (Å²) >= 11 is 0. The van der Waals surface area contributed by atoms with Crippen LogP contribution in [0.15, 0.2) is 22.8 Å². The van der Waals surface area contributed by atoms with Gasteiger partial charge in [0, 0.05) is 6.54 Å². The van der Waals surface area contributed by atoms with E-state index >= 15 is 0 Å². The predicted octanol–water partition coefficient (Wildman–Crippen LogP) is -0.489. The van der Waals surface area contributed by atoms with E-state index in [9.17, 15) is 9.59 Å². The SMILES string of the molecule is NC(=O)COCCNC(=O)c1ccco1. The largest absolute Gasteiger partial charge is 0.459 e. The monoisotopic (exact) mass is 212 g/mol. The number of carbonyl (C=O) groups is 2. The minimum atomic E-state index is -0.535. The molecule has 1 aromatic heterocycles. The summed E-state index contributed by atoms with van der Waals surface area (Å²) in [5.41, 5.74) is 4.85. The Labute approximate surface area is 86.4 Å². The van der Waals surface area contributed by atoms with E-state index in [-0.39, 0.29) is 24.9 Å². The van der Waals surface area contributed by atoms with Gasteiger partial charge in [-0.3, -0.25) is 9.59 Å². The van der Waals surface area contributed by atoms with Gasteiger partial charge in [-0.15, -0.1) is 0 Å². The fourth-order valence-electron chi connectivity index (χ4n) is 0.904. The number of amides is 2. The summed E-state index contributed by atoms with van der Waals surface area (Å²) in [7, 11) is 0. The lowest BCUT2D eigenvalue weighted by Crippen LogP contribution is -2.28. The third kappa shape index (κ3) is 4.28. The molecule has 6 heteroatoms. The molecular weight excluding hydrogens is 200 g/mol. The van der Waals surface area contributed by atoms with Crippen molar-refractivity contribution in [3.05, 3.63) is 24.2 Å². The number of nitrogens with two attached hydrogens (primary N) is 1. The van der Waals surface area contributed by atoms with Crippen LogP contribution in [0.25, 0.3) is 0 Å². The van der Waals surface area contributed by atoms with Gasteiger partial charge in [0.25, 0.3) is 5.91 Å². The summed E-state index contributed by atoms with van der Waals surface area (Å²) < 4.78 is 9.71. The lowest BCUT2D eigenvalue weighted by atomic mass is 10.4. The lowest BCUT2D eigenvalue weighted by Gasteiger charge is -2.03. The van der Waals surface area contributed by atoms with Crippen LogP contribution in [0, 0.1) is 0 Å². The van der Waals surface area contributed by atoms with Crippen molar-refractivity contribution < 1.29 is 18.7 Å². The van der Waals surface area contributed by atoms with Gasteiger partial charge in [-0.1, -0.05) is 0 Å². The van der Waals surface area contributed by atoms with Crippen molar-refractivity contribution in [2.45, 2.75) is 0 Å². The number of furan rings is 1. The van der Waals surface area contributed by atoms with E-state index in [1.807, 2.05) is 0 Å². The summed E-state index contributed by atoms with van der Waals surface area (Å²) in [5.74, 6) is -0.611. The molecule has 0 saturated heterocycles. The first-order valence-corrected chi connectivity index (χ1v) is 4.38. The number of nitrogens with one attached hydrogen (secondary N) is 1. The molecule has 0 unspecified atom stereocenters. The van der Waals surface area contributed by atoms with Crippen LogP contribution in [-0.4, -0.2) is 31.6 Å². The second-order valence-electron chi connectivity index (χ2n) is 2.75. The van der Waals surface area contributed by atoms with Crippen LogP contribution in [0.2, 0.25) is 0 Å². The highest BCUT2D eigenvalue weighted by atomic mass is 16.5. The molecule has 0 fully saturated rings. The Morgan fingerprint density at radius 2 is 2.33 bits per heavy atom. The molecule has 15 heavy (non-hydrogen) atoms. The summed E-state index contributed by atoms with van der Waals surface area (Å²) in [4.78, 5) is 21.5. The second kappa shape index (κ2) is 5.82. The fraction of sp³-hybridized carbons (Fsp3) is 0.333. The minimum Gasteiger partial charge on any atom is -0.459 e. The Kier molecular flexibility index (Phi) is 4.36. The molecule has 6 nitrogen and oxygen atoms in total. The average molecular weight is 212 g/mol. The molecule has 82 valence electrons. The third-order valence-corrected chi connectivity index (χ3v) is 1.52. The molecule has 0 saturated carbocycles. The number of hydrogen-bond acceptors (Lipinski definition) is 4. The van der Waals surface area contributed by atoms with Gasteiger partial charge in [0.05, 0.1) is 12.9 Å². The van der Waals surface area contributed by atoms with Crippen LogP contribution in [0.4, 0.5) is 0 Å². The summed E-state index contributed by atoms with van der Waals surface area (Å²) in [6.45, 7) is 0.388. The standard InChI is InChI=1S/C9H12N2O4/c10-8(12)6-14-5-3-11-9(13)7-2-1-4-15-7/h1-2,4H,3,5-6H2,(H2,10,12)(H,11,13). The van der Waals surface area contributed by atoms with E-state index in [2.05, 4.69) is 5.32 Å². The van der Waals surface area contributed by atoms with Gasteiger partial charge in [0.2, 0.25) is 5.91 Å². The molecule has 1 rings (SSSR count). The van der Waals surface area contributed by atoms with Crippen LogP contribution in [0.3, 0.4) is 0 Å². The number of carbonyl (C=O) groups excluding carboxylic acids is 2. The van der Waals surface area contributed by atoms with E-state index in [0.29, 0.717) is 6.54 Å². The molecule has 0 aliphatic carbocycles. The highest BCUT2D eigenvalue weighted by molar-refractivity contribution is 5.91. The molecular formula is C9H12N2O4. The van der Waals surface area contributed by atoms with Gasteiger partial charge in [-0.05, 0) is 12.1 Å². The van der Waals surface area contributed by atoms with Crippen LogP contribution in [-0.2, 0) is 9.53 Å². The number of rotatable bonds is 6. The summed E-state index contributed by atoms with van der Waals surface area (Å²) in [6.07, 6.45) is 1.42. The Morgan fingerprint density at radius 3 is 2.93 bits per heavy atom. The van der Waals surface area contributed by atoms with Crippen molar-refractivity contribution >= 4 is 11.8 Å². The second-order valence-corrected chi connectivity index (χ2v) is 2.75. The lowest BCUT2D eigenvalue weighted by molar-refractivity contribution is -0.122. The number of hydrogen-bond donors (Lipinski definition) is 2. The molecule has 1 heterocycles. The first kappa shape index (κ1) is 11.3. The van der Waals surface area contributed by atoms with Crippen molar-refractivity contribution in [1.29, 1.82) is 0 Å². The van der Waals surface area contributed by atoms with Crippen LogP contribution in [0.1, 0.15) is 10.6 Å². The first-order chi connectivity index (χ1) is 7.20. The Balaban J connectivity index is 2.10. The van der Waals surface area contributed by atoms with E-state index in [1.54, 1.807) is 12.1 Å². The molecule has 2 amide bonds. The van der Waals surface area contributed by atoms with E-state index in [0.717, 1.165) is 0 Å². The average Bonchev–Trinajstić information content (AvgIpc) is 2.69. The quantitative estimate of drug-likeness (QED) is 0.622. The molecule has 0 aromatic carbocycles. The number of primary amides is 1. The highest BCUT2D eigenvalue weighted by Crippen LogP contribution is 1.98. The number of ether oxygens (including phenoxy) is 1. The summed E-state index contributed by atoms with van der Waals surface area (Å²) in [6, 6.07) is 3.18. The van der Waals surface area contributed by atoms with E-state index < -0.39 is 5.91 Å². The zero-order valence-electron chi connectivity index (χ0n) is 8.06. The van der Waals surface area contributed by atoms with Gasteiger partial charge in [0.1, 0.15) is 6.61 Å². The van der Waals surface area contributed by atoms with Crippen molar-refractivity contribution in [1.82, 2.24) is 5.32 Å². The fourth-order valence-corrected chi connectivity index (χ4v) is 0.904. The zero-order chi connectivity index (χ0) is 11.1. The molecule has 3 N–H and O–H groups in total. The van der Waals surface area contributed by atoms with Crippen LogP contribution in [0.5, 0.6) is 0 Å². The van der Waals surface area contributed by atoms with Gasteiger partial charge in [-0.25, -0.2) is 0 Å². The van der Waals surface area contributed by atoms with Crippen molar-refractivity contribution in [2.75, 3.05) is 19.8 Å². The topological polar surface area (TPSA) is 94.6 Å². The van der Waals surface area contributed by atoms with E-state index in [1.165, 1.54) is 6.26 Å². The Hall–Kier alpha value is -1.82. The molecule has 1 aromatic rings. The van der Waals surface area contributed by atoms with Crippen LogP contribution >= 0.6 is 0 Å². The molecule has 0 spiro atoms. The maximum atomic E-state index is 11.3. The van der Waals surface area contributed by atoms with Crippen LogP contribution < -0.4 is 11.1 Å². The first-order valence-electron chi connectivity index (χ1n) is 4.38. The Bertz CT molecular complexity index is 321. The van der Waals surface area contributed by atoms with Crippen molar-refractivity contribution in [3.63, 3.8) is 0 Å². The van der Waals surface area contributed by atoms with Gasteiger partial charge in [-0.2, -0.15) is 0 Å². The highest BCUT2D eigenvalue weighted by Gasteiger charge is 2.06. The van der Waals surface area contributed by atoms with E-state index in [4.69, 9.17) is 14.9 Å². The van der Waals surface area contributed by atoms with Gasteiger partial charge < -0.3 is 20.2 Å². The molecule has 0 bridgehead atoms. The molecule has 0 aliphatic rings.